The Balaban J connectivity index is 1.24. The van der Waals surface area contributed by atoms with Gasteiger partial charge < -0.3 is 8.83 Å². The number of rotatable bonds is 4. The molecular formula is C39H23N3O2. The van der Waals surface area contributed by atoms with Crippen molar-refractivity contribution >= 4 is 43.9 Å². The van der Waals surface area contributed by atoms with Gasteiger partial charge in [-0.1, -0.05) is 121 Å². The molecule has 0 aliphatic heterocycles. The van der Waals surface area contributed by atoms with Crippen molar-refractivity contribution in [3.8, 4) is 45.3 Å². The highest BCUT2D eigenvalue weighted by Crippen LogP contribution is 2.44. The molecule has 5 heteroatoms. The first-order chi connectivity index (χ1) is 21.8. The number of fused-ring (bicyclic) bond motifs is 6. The minimum absolute atomic E-state index is 0.611. The van der Waals surface area contributed by atoms with E-state index in [4.69, 9.17) is 23.8 Å². The molecule has 0 aliphatic carbocycles. The third-order valence-electron chi connectivity index (χ3n) is 8.14. The van der Waals surface area contributed by atoms with Crippen molar-refractivity contribution in [3.05, 3.63) is 140 Å². The lowest BCUT2D eigenvalue weighted by Gasteiger charge is -2.09. The van der Waals surface area contributed by atoms with E-state index < -0.39 is 0 Å². The van der Waals surface area contributed by atoms with Gasteiger partial charge in [-0.05, 0) is 23.8 Å². The van der Waals surface area contributed by atoms with Gasteiger partial charge in [0, 0.05) is 38.2 Å². The Bertz CT molecular complexity index is 2330. The number of nitrogens with zero attached hydrogens (tertiary/aromatic N) is 3. The number of furan rings is 2. The standard InChI is InChI=1S/C39H23N3O2/c1-3-11-25(12-4-1)37-40-38(26-13-5-2-6-14-26)42-39(41-37)27-21-19-24(20-22-27)34-35-30(28-15-7-9-17-32(28)43-35)23-31-29-16-8-10-18-33(29)44-36(31)34/h1-23H. The Morgan fingerprint density at radius 3 is 1.20 bits per heavy atom. The highest BCUT2D eigenvalue weighted by molar-refractivity contribution is 6.21. The van der Waals surface area contributed by atoms with Gasteiger partial charge >= 0.3 is 0 Å². The van der Waals surface area contributed by atoms with E-state index in [1.807, 2.05) is 97.1 Å². The van der Waals surface area contributed by atoms with Gasteiger partial charge in [0.25, 0.3) is 0 Å². The van der Waals surface area contributed by atoms with Crippen molar-refractivity contribution in [1.82, 2.24) is 15.0 Å². The van der Waals surface area contributed by atoms with Gasteiger partial charge in [0.15, 0.2) is 17.5 Å². The molecule has 0 radical (unpaired) electrons. The average Bonchev–Trinajstić information content (AvgIpc) is 3.66. The minimum Gasteiger partial charge on any atom is -0.455 e. The van der Waals surface area contributed by atoms with Crippen LogP contribution in [0, 0.1) is 0 Å². The van der Waals surface area contributed by atoms with Crippen LogP contribution in [-0.4, -0.2) is 15.0 Å². The van der Waals surface area contributed by atoms with E-state index in [1.165, 1.54) is 0 Å². The molecule has 0 unspecified atom stereocenters. The summed E-state index contributed by atoms with van der Waals surface area (Å²) in [4.78, 5) is 14.6. The van der Waals surface area contributed by atoms with E-state index in [2.05, 4.69) is 42.5 Å². The smallest absolute Gasteiger partial charge is 0.164 e. The Morgan fingerprint density at radius 2 is 0.727 bits per heavy atom. The quantitative estimate of drug-likeness (QED) is 0.212. The summed E-state index contributed by atoms with van der Waals surface area (Å²) in [5.41, 5.74) is 8.01. The second-order valence-electron chi connectivity index (χ2n) is 10.8. The van der Waals surface area contributed by atoms with Crippen LogP contribution in [-0.2, 0) is 0 Å². The Morgan fingerprint density at radius 1 is 0.341 bits per heavy atom. The summed E-state index contributed by atoms with van der Waals surface area (Å²) >= 11 is 0. The minimum atomic E-state index is 0.611. The van der Waals surface area contributed by atoms with Crippen molar-refractivity contribution in [2.24, 2.45) is 0 Å². The van der Waals surface area contributed by atoms with Crippen LogP contribution < -0.4 is 0 Å². The molecule has 0 saturated carbocycles. The normalized spacial score (nSPS) is 11.6. The predicted octanol–water partition coefficient (Wildman–Crippen LogP) is 10.3. The van der Waals surface area contributed by atoms with Crippen molar-refractivity contribution in [1.29, 1.82) is 0 Å². The number of hydrogen-bond donors (Lipinski definition) is 0. The molecule has 0 fully saturated rings. The van der Waals surface area contributed by atoms with Gasteiger partial charge in [0.1, 0.15) is 22.3 Å². The molecule has 6 aromatic carbocycles. The monoisotopic (exact) mass is 565 g/mol. The molecule has 0 bridgehead atoms. The van der Waals surface area contributed by atoms with Crippen LogP contribution in [0.5, 0.6) is 0 Å². The zero-order valence-electron chi connectivity index (χ0n) is 23.4. The molecule has 3 heterocycles. The third-order valence-corrected chi connectivity index (χ3v) is 8.14. The second kappa shape index (κ2) is 9.75. The van der Waals surface area contributed by atoms with Crippen LogP contribution >= 0.6 is 0 Å². The van der Waals surface area contributed by atoms with Gasteiger partial charge in [0.05, 0.1) is 5.56 Å². The second-order valence-corrected chi connectivity index (χ2v) is 10.8. The molecular weight excluding hydrogens is 542 g/mol. The van der Waals surface area contributed by atoms with Crippen LogP contribution in [0.1, 0.15) is 0 Å². The first kappa shape index (κ1) is 24.5. The molecule has 0 atom stereocenters. The molecule has 0 saturated heterocycles. The summed E-state index contributed by atoms with van der Waals surface area (Å²) in [5, 5.41) is 4.30. The van der Waals surface area contributed by atoms with E-state index in [-0.39, 0.29) is 0 Å². The summed E-state index contributed by atoms with van der Waals surface area (Å²) in [6, 6.07) is 46.9. The van der Waals surface area contributed by atoms with Gasteiger partial charge in [0.2, 0.25) is 0 Å². The van der Waals surface area contributed by atoms with Crippen LogP contribution in [0.2, 0.25) is 0 Å². The van der Waals surface area contributed by atoms with Crippen LogP contribution in [0.15, 0.2) is 148 Å². The lowest BCUT2D eigenvalue weighted by molar-refractivity contribution is 0.658. The topological polar surface area (TPSA) is 65.0 Å². The van der Waals surface area contributed by atoms with Crippen molar-refractivity contribution in [2.45, 2.75) is 0 Å². The average molecular weight is 566 g/mol. The molecule has 44 heavy (non-hydrogen) atoms. The molecule has 0 N–H and O–H groups in total. The molecule has 5 nitrogen and oxygen atoms in total. The van der Waals surface area contributed by atoms with E-state index >= 15 is 0 Å². The zero-order chi connectivity index (χ0) is 29.0. The van der Waals surface area contributed by atoms with Crippen LogP contribution in [0.3, 0.4) is 0 Å². The predicted molar refractivity (Wildman–Crippen MR) is 176 cm³/mol. The molecule has 9 rings (SSSR count). The van der Waals surface area contributed by atoms with E-state index in [9.17, 15) is 0 Å². The first-order valence-electron chi connectivity index (χ1n) is 14.5. The Kier molecular flexibility index (Phi) is 5.43. The summed E-state index contributed by atoms with van der Waals surface area (Å²) < 4.78 is 13.0. The van der Waals surface area contributed by atoms with Crippen LogP contribution in [0.4, 0.5) is 0 Å². The van der Waals surface area contributed by atoms with Gasteiger partial charge in [-0.2, -0.15) is 0 Å². The van der Waals surface area contributed by atoms with Gasteiger partial charge in [-0.3, -0.25) is 0 Å². The largest absolute Gasteiger partial charge is 0.455 e. The highest BCUT2D eigenvalue weighted by atomic mass is 16.3. The summed E-state index contributed by atoms with van der Waals surface area (Å²) in [6.07, 6.45) is 0. The molecule has 206 valence electrons. The molecule has 0 spiro atoms. The fraction of sp³-hybridized carbons (Fsp3) is 0. The number of benzene rings is 6. The lowest BCUT2D eigenvalue weighted by Crippen LogP contribution is -2.00. The molecule has 0 aliphatic rings. The lowest BCUT2D eigenvalue weighted by atomic mass is 9.97. The maximum atomic E-state index is 6.49. The van der Waals surface area contributed by atoms with E-state index in [0.29, 0.717) is 17.5 Å². The van der Waals surface area contributed by atoms with Crippen molar-refractivity contribution in [2.75, 3.05) is 0 Å². The summed E-state index contributed by atoms with van der Waals surface area (Å²) in [7, 11) is 0. The SMILES string of the molecule is c1ccc(-c2nc(-c3ccccc3)nc(-c3ccc(-c4c5oc6ccccc6c5cc5c4oc4ccccc45)cc3)n2)cc1. The maximum absolute atomic E-state index is 6.49. The summed E-state index contributed by atoms with van der Waals surface area (Å²) in [6.45, 7) is 0. The summed E-state index contributed by atoms with van der Waals surface area (Å²) in [5.74, 6) is 1.88. The van der Waals surface area contributed by atoms with Crippen molar-refractivity contribution in [3.63, 3.8) is 0 Å². The fourth-order valence-corrected chi connectivity index (χ4v) is 6.02. The fourth-order valence-electron chi connectivity index (χ4n) is 6.02. The Labute approximate surface area is 252 Å². The molecule has 0 amide bonds. The van der Waals surface area contributed by atoms with E-state index in [1.54, 1.807) is 0 Å². The first-order valence-corrected chi connectivity index (χ1v) is 14.5. The zero-order valence-corrected chi connectivity index (χ0v) is 23.4. The molecule has 9 aromatic rings. The van der Waals surface area contributed by atoms with Gasteiger partial charge in [-0.15, -0.1) is 0 Å². The number of hydrogen-bond acceptors (Lipinski definition) is 5. The Hall–Kier alpha value is -6.07. The number of aromatic nitrogens is 3. The van der Waals surface area contributed by atoms with Gasteiger partial charge in [-0.25, -0.2) is 15.0 Å². The number of para-hydroxylation sites is 2. The molecule has 3 aromatic heterocycles. The van der Waals surface area contributed by atoms with E-state index in [0.717, 1.165) is 71.7 Å². The van der Waals surface area contributed by atoms with Crippen LogP contribution in [0.25, 0.3) is 89.2 Å². The highest BCUT2D eigenvalue weighted by Gasteiger charge is 2.21. The van der Waals surface area contributed by atoms with Crippen molar-refractivity contribution < 1.29 is 8.83 Å². The maximum Gasteiger partial charge on any atom is 0.164 e. The third kappa shape index (κ3) is 3.91.